The molecule has 1 atom stereocenters. The Labute approximate surface area is 150 Å². The summed E-state index contributed by atoms with van der Waals surface area (Å²) in [6.07, 6.45) is 3.53. The second-order valence-electron chi connectivity index (χ2n) is 7.62. The normalized spacial score (nSPS) is 21.8. The third-order valence-electron chi connectivity index (χ3n) is 5.75. The number of aryl methyl sites for hydroxylation is 1. The van der Waals surface area contributed by atoms with Gasteiger partial charge in [0.15, 0.2) is 0 Å². The number of aromatic hydroxyl groups is 1. The third-order valence-corrected chi connectivity index (χ3v) is 5.75. The molecule has 2 aliphatic rings. The van der Waals surface area contributed by atoms with Gasteiger partial charge in [0.2, 0.25) is 0 Å². The largest absolute Gasteiger partial charge is 0.508 e. The fourth-order valence-corrected chi connectivity index (χ4v) is 4.31. The fraction of sp³-hybridized carbons (Fsp3) is 0.455. The van der Waals surface area contributed by atoms with Crippen molar-refractivity contribution in [2.45, 2.75) is 25.8 Å². The van der Waals surface area contributed by atoms with Crippen LogP contribution in [0.4, 0.5) is 0 Å². The summed E-state index contributed by atoms with van der Waals surface area (Å²) in [4.78, 5) is 5.22. The first kappa shape index (κ1) is 16.6. The summed E-state index contributed by atoms with van der Waals surface area (Å²) in [5.41, 5.74) is 4.21. The molecule has 3 heteroatoms. The molecule has 1 fully saturated rings. The summed E-state index contributed by atoms with van der Waals surface area (Å²) in [6.45, 7) is 7.02. The molecule has 1 saturated heterocycles. The van der Waals surface area contributed by atoms with Crippen LogP contribution < -0.4 is 0 Å². The molecule has 1 unspecified atom stereocenters. The van der Waals surface area contributed by atoms with E-state index < -0.39 is 0 Å². The van der Waals surface area contributed by atoms with Gasteiger partial charge in [0.1, 0.15) is 5.75 Å². The van der Waals surface area contributed by atoms with Crippen molar-refractivity contribution < 1.29 is 5.11 Å². The van der Waals surface area contributed by atoms with Gasteiger partial charge in [-0.2, -0.15) is 0 Å². The van der Waals surface area contributed by atoms with Crippen LogP contribution in [0, 0.1) is 5.92 Å². The van der Waals surface area contributed by atoms with Gasteiger partial charge in [0.05, 0.1) is 0 Å². The lowest BCUT2D eigenvalue weighted by atomic mass is 9.83. The van der Waals surface area contributed by atoms with Gasteiger partial charge < -0.3 is 10.0 Å². The predicted molar refractivity (Wildman–Crippen MR) is 102 cm³/mol. The van der Waals surface area contributed by atoms with Crippen molar-refractivity contribution >= 4 is 0 Å². The van der Waals surface area contributed by atoms with Crippen LogP contribution in [0.25, 0.3) is 0 Å². The maximum atomic E-state index is 9.63. The average Bonchev–Trinajstić information content (AvgIpc) is 2.64. The van der Waals surface area contributed by atoms with Crippen LogP contribution in [-0.4, -0.2) is 47.6 Å². The number of piperazine rings is 1. The topological polar surface area (TPSA) is 26.7 Å². The lowest BCUT2D eigenvalue weighted by molar-refractivity contribution is 0.110. The lowest BCUT2D eigenvalue weighted by Crippen LogP contribution is -2.47. The first-order valence-corrected chi connectivity index (χ1v) is 9.56. The fourth-order valence-electron chi connectivity index (χ4n) is 4.31. The number of nitrogens with zero attached hydrogens (tertiary/aromatic N) is 2. The SMILES string of the molecule is Oc1ccc2c(c1)CCC(CN1CCN(Cc3ccccc3)CC1)C2. The Balaban J connectivity index is 1.26. The molecule has 3 nitrogen and oxygen atoms in total. The standard InChI is InChI=1S/C22H28N2O/c25-22-9-8-20-14-19(6-7-21(20)15-22)17-24-12-10-23(11-13-24)16-18-4-2-1-3-5-18/h1-5,8-9,15,19,25H,6-7,10-14,16-17H2. The highest BCUT2D eigenvalue weighted by atomic mass is 16.3. The Hall–Kier alpha value is -1.84. The van der Waals surface area contributed by atoms with E-state index in [4.69, 9.17) is 0 Å². The predicted octanol–water partition coefficient (Wildman–Crippen LogP) is 3.31. The van der Waals surface area contributed by atoms with Crippen LogP contribution in [0.5, 0.6) is 5.75 Å². The number of phenolic OH excluding ortho intramolecular Hbond substituents is 1. The number of phenols is 1. The van der Waals surface area contributed by atoms with Crippen molar-refractivity contribution in [2.75, 3.05) is 32.7 Å². The van der Waals surface area contributed by atoms with E-state index in [2.05, 4.69) is 46.2 Å². The summed E-state index contributed by atoms with van der Waals surface area (Å²) < 4.78 is 0. The van der Waals surface area contributed by atoms with Crippen molar-refractivity contribution in [3.8, 4) is 5.75 Å². The van der Waals surface area contributed by atoms with Crippen molar-refractivity contribution in [1.82, 2.24) is 9.80 Å². The maximum absolute atomic E-state index is 9.63. The van der Waals surface area contributed by atoms with E-state index in [0.717, 1.165) is 18.9 Å². The molecule has 0 amide bonds. The zero-order chi connectivity index (χ0) is 17.1. The second-order valence-corrected chi connectivity index (χ2v) is 7.62. The molecule has 1 N–H and O–H groups in total. The van der Waals surface area contributed by atoms with E-state index in [1.54, 1.807) is 0 Å². The Morgan fingerprint density at radius 1 is 0.880 bits per heavy atom. The highest BCUT2D eigenvalue weighted by molar-refractivity contribution is 5.36. The zero-order valence-corrected chi connectivity index (χ0v) is 14.9. The molecular weight excluding hydrogens is 308 g/mol. The summed E-state index contributed by atoms with van der Waals surface area (Å²) in [5, 5.41) is 9.63. The van der Waals surface area contributed by atoms with E-state index in [0.29, 0.717) is 5.75 Å². The first-order chi connectivity index (χ1) is 12.3. The van der Waals surface area contributed by atoms with Crippen LogP contribution in [0.3, 0.4) is 0 Å². The maximum Gasteiger partial charge on any atom is 0.115 e. The average molecular weight is 336 g/mol. The zero-order valence-electron chi connectivity index (χ0n) is 14.9. The van der Waals surface area contributed by atoms with Gasteiger partial charge >= 0.3 is 0 Å². The molecule has 0 spiro atoms. The Morgan fingerprint density at radius 3 is 2.44 bits per heavy atom. The van der Waals surface area contributed by atoms with E-state index in [1.165, 1.54) is 62.3 Å². The molecule has 0 radical (unpaired) electrons. The van der Waals surface area contributed by atoms with Gasteiger partial charge in [-0.05, 0) is 54.0 Å². The lowest BCUT2D eigenvalue weighted by Gasteiger charge is -2.37. The van der Waals surface area contributed by atoms with Crippen LogP contribution in [0.2, 0.25) is 0 Å². The highest BCUT2D eigenvalue weighted by Crippen LogP contribution is 2.29. The van der Waals surface area contributed by atoms with Gasteiger partial charge in [-0.1, -0.05) is 36.4 Å². The number of hydrogen-bond acceptors (Lipinski definition) is 3. The van der Waals surface area contributed by atoms with Crippen molar-refractivity contribution in [1.29, 1.82) is 0 Å². The molecule has 2 aromatic carbocycles. The quantitative estimate of drug-likeness (QED) is 0.928. The van der Waals surface area contributed by atoms with Crippen LogP contribution >= 0.6 is 0 Å². The molecule has 2 aromatic rings. The molecule has 1 heterocycles. The molecular formula is C22H28N2O. The minimum Gasteiger partial charge on any atom is -0.508 e. The van der Waals surface area contributed by atoms with E-state index in [9.17, 15) is 5.11 Å². The summed E-state index contributed by atoms with van der Waals surface area (Å²) >= 11 is 0. The van der Waals surface area contributed by atoms with Gasteiger partial charge in [0, 0.05) is 39.3 Å². The molecule has 4 rings (SSSR count). The number of hydrogen-bond donors (Lipinski definition) is 1. The smallest absolute Gasteiger partial charge is 0.115 e. The van der Waals surface area contributed by atoms with Crippen molar-refractivity contribution in [2.24, 2.45) is 5.92 Å². The summed E-state index contributed by atoms with van der Waals surface area (Å²) in [7, 11) is 0. The Bertz CT molecular complexity index is 692. The van der Waals surface area contributed by atoms with E-state index in [1.807, 2.05) is 12.1 Å². The van der Waals surface area contributed by atoms with Crippen molar-refractivity contribution in [3.63, 3.8) is 0 Å². The summed E-state index contributed by atoms with van der Waals surface area (Å²) in [6, 6.07) is 16.7. The third kappa shape index (κ3) is 4.23. The van der Waals surface area contributed by atoms with Crippen LogP contribution in [0.15, 0.2) is 48.5 Å². The molecule has 132 valence electrons. The van der Waals surface area contributed by atoms with Crippen molar-refractivity contribution in [3.05, 3.63) is 65.2 Å². The first-order valence-electron chi connectivity index (χ1n) is 9.56. The second kappa shape index (κ2) is 7.59. The van der Waals surface area contributed by atoms with Gasteiger partial charge in [-0.3, -0.25) is 4.90 Å². The van der Waals surface area contributed by atoms with Gasteiger partial charge in [0.25, 0.3) is 0 Å². The number of rotatable bonds is 4. The minimum absolute atomic E-state index is 0.409. The van der Waals surface area contributed by atoms with E-state index in [-0.39, 0.29) is 0 Å². The van der Waals surface area contributed by atoms with Crippen LogP contribution in [-0.2, 0) is 19.4 Å². The molecule has 0 bridgehead atoms. The molecule has 0 saturated carbocycles. The van der Waals surface area contributed by atoms with Crippen LogP contribution in [0.1, 0.15) is 23.1 Å². The van der Waals surface area contributed by atoms with Gasteiger partial charge in [-0.15, -0.1) is 0 Å². The highest BCUT2D eigenvalue weighted by Gasteiger charge is 2.23. The molecule has 1 aliphatic heterocycles. The Kier molecular flexibility index (Phi) is 5.04. The monoisotopic (exact) mass is 336 g/mol. The number of benzene rings is 2. The number of fused-ring (bicyclic) bond motifs is 1. The molecule has 0 aromatic heterocycles. The Morgan fingerprint density at radius 2 is 1.64 bits per heavy atom. The molecule has 25 heavy (non-hydrogen) atoms. The summed E-state index contributed by atoms with van der Waals surface area (Å²) in [5.74, 6) is 1.17. The van der Waals surface area contributed by atoms with Gasteiger partial charge in [-0.25, -0.2) is 0 Å². The van der Waals surface area contributed by atoms with E-state index >= 15 is 0 Å². The molecule has 1 aliphatic carbocycles. The minimum atomic E-state index is 0.409.